The highest BCUT2D eigenvalue weighted by Crippen LogP contribution is 2.35. The molecule has 2 amide bonds. The average Bonchev–Trinajstić information content (AvgIpc) is 3.44. The highest BCUT2D eigenvalue weighted by atomic mass is 32.2. The first-order valence-electron chi connectivity index (χ1n) is 14.9. The molecule has 2 aliphatic rings. The highest BCUT2D eigenvalue weighted by Gasteiger charge is 2.29. The van der Waals surface area contributed by atoms with Crippen LogP contribution in [0.5, 0.6) is 5.88 Å². The number of nitrogens with zero attached hydrogens (tertiary/aromatic N) is 2. The number of aromatic nitrogens is 2. The molecule has 0 saturated heterocycles. The number of benzene rings is 2. The van der Waals surface area contributed by atoms with Crippen LogP contribution in [0.25, 0.3) is 11.1 Å². The Morgan fingerprint density at radius 2 is 1.77 bits per heavy atom. The predicted molar refractivity (Wildman–Crippen MR) is 164 cm³/mol. The Balaban J connectivity index is 1.36. The van der Waals surface area contributed by atoms with Gasteiger partial charge in [-0.1, -0.05) is 52.0 Å². The Kier molecular flexibility index (Phi) is 9.31. The highest BCUT2D eigenvalue weighted by molar-refractivity contribution is 7.90. The number of fused-ring (bicyclic) bond motifs is 2. The van der Waals surface area contributed by atoms with E-state index in [0.717, 1.165) is 40.8 Å². The summed E-state index contributed by atoms with van der Waals surface area (Å²) < 4.78 is 46.0. The normalized spacial score (nSPS) is 16.2. The van der Waals surface area contributed by atoms with E-state index in [2.05, 4.69) is 77.9 Å². The molecule has 3 heterocycles. The molecule has 1 unspecified atom stereocenters. The van der Waals surface area contributed by atoms with Crippen LogP contribution < -0.4 is 14.8 Å². The van der Waals surface area contributed by atoms with Gasteiger partial charge in [0, 0.05) is 18.5 Å². The molecule has 5 rings (SSSR count). The fraction of sp³-hybridized carbons (Fsp3) is 0.469. The van der Waals surface area contributed by atoms with E-state index in [4.69, 9.17) is 9.47 Å². The number of carbonyl (C=O) groups is 2. The molecule has 2 aromatic carbocycles. The van der Waals surface area contributed by atoms with Crippen molar-refractivity contribution in [2.75, 3.05) is 26.9 Å². The van der Waals surface area contributed by atoms with Gasteiger partial charge in [-0.2, -0.15) is 13.5 Å². The SMILES string of the molecule is COC(=O)NCC1COc2cc(S(=O)(=O)NC(=O)Cc3c(C(C)C)cc(-c4ccc5c(c4)COCC5)cc3C(C)C)nn2C1. The molecular weight excluding hydrogens is 584 g/mol. The quantitative estimate of drug-likeness (QED) is 0.360. The van der Waals surface area contributed by atoms with Gasteiger partial charge in [0.1, 0.15) is 0 Å². The van der Waals surface area contributed by atoms with E-state index in [1.165, 1.54) is 29.0 Å². The number of methoxy groups -OCH3 is 1. The second kappa shape index (κ2) is 13.0. The third-order valence-corrected chi connectivity index (χ3v) is 9.32. The molecule has 11 nitrogen and oxygen atoms in total. The minimum absolute atomic E-state index is 0.0934. The summed E-state index contributed by atoms with van der Waals surface area (Å²) in [4.78, 5) is 24.7. The smallest absolute Gasteiger partial charge is 0.406 e. The Labute approximate surface area is 258 Å². The lowest BCUT2D eigenvalue weighted by Gasteiger charge is -2.23. The van der Waals surface area contributed by atoms with Crippen molar-refractivity contribution in [2.45, 2.75) is 70.6 Å². The molecule has 236 valence electrons. The van der Waals surface area contributed by atoms with Crippen molar-refractivity contribution in [3.8, 4) is 17.0 Å². The largest absolute Gasteiger partial charge is 0.477 e. The fourth-order valence-electron chi connectivity index (χ4n) is 5.74. The van der Waals surface area contributed by atoms with E-state index >= 15 is 0 Å². The third kappa shape index (κ3) is 6.91. The molecular formula is C32H40N4O7S. The molecule has 0 bridgehead atoms. The second-order valence-electron chi connectivity index (χ2n) is 12.0. The van der Waals surface area contributed by atoms with E-state index in [1.54, 1.807) is 0 Å². The number of hydrogen-bond donors (Lipinski definition) is 2. The maximum Gasteiger partial charge on any atom is 0.406 e. The van der Waals surface area contributed by atoms with E-state index < -0.39 is 22.0 Å². The van der Waals surface area contributed by atoms with Crippen molar-refractivity contribution in [1.29, 1.82) is 0 Å². The van der Waals surface area contributed by atoms with Crippen LogP contribution in [0.3, 0.4) is 0 Å². The topological polar surface area (TPSA) is 138 Å². The first-order chi connectivity index (χ1) is 20.9. The van der Waals surface area contributed by atoms with E-state index in [1.807, 2.05) is 0 Å². The van der Waals surface area contributed by atoms with Crippen LogP contribution in [-0.2, 0) is 50.3 Å². The number of rotatable bonds is 9. The van der Waals surface area contributed by atoms with Gasteiger partial charge in [-0.3, -0.25) is 4.79 Å². The molecule has 44 heavy (non-hydrogen) atoms. The minimum Gasteiger partial charge on any atom is -0.477 e. The number of nitrogens with one attached hydrogen (secondary N) is 2. The Hall–Kier alpha value is -3.90. The number of carbonyl (C=O) groups excluding carboxylic acids is 2. The maximum atomic E-state index is 13.3. The van der Waals surface area contributed by atoms with Crippen molar-refractivity contribution >= 4 is 22.0 Å². The zero-order valence-corrected chi connectivity index (χ0v) is 26.6. The van der Waals surface area contributed by atoms with Gasteiger partial charge in [-0.15, -0.1) is 0 Å². The van der Waals surface area contributed by atoms with Crippen LogP contribution in [0.4, 0.5) is 4.79 Å². The fourth-order valence-corrected chi connectivity index (χ4v) is 6.68. The van der Waals surface area contributed by atoms with Crippen molar-refractivity contribution in [3.05, 3.63) is 64.2 Å². The molecule has 0 saturated carbocycles. The molecule has 0 spiro atoms. The van der Waals surface area contributed by atoms with E-state index in [-0.39, 0.29) is 48.2 Å². The van der Waals surface area contributed by atoms with Crippen molar-refractivity contribution in [3.63, 3.8) is 0 Å². The van der Waals surface area contributed by atoms with Gasteiger partial charge < -0.3 is 19.5 Å². The molecule has 1 aromatic heterocycles. The van der Waals surface area contributed by atoms with Crippen LogP contribution in [0.2, 0.25) is 0 Å². The summed E-state index contributed by atoms with van der Waals surface area (Å²) in [5.41, 5.74) is 7.50. The lowest BCUT2D eigenvalue weighted by Crippen LogP contribution is -2.36. The zero-order chi connectivity index (χ0) is 31.6. The van der Waals surface area contributed by atoms with Crippen molar-refractivity contribution < 1.29 is 32.2 Å². The first kappa shape index (κ1) is 31.5. The summed E-state index contributed by atoms with van der Waals surface area (Å²) in [5.74, 6) is -0.286. The second-order valence-corrected chi connectivity index (χ2v) is 13.6. The number of alkyl carbamates (subject to hydrolysis) is 1. The predicted octanol–water partition coefficient (Wildman–Crippen LogP) is 4.28. The van der Waals surface area contributed by atoms with Gasteiger partial charge in [-0.25, -0.2) is 14.2 Å². The number of sulfonamides is 1. The molecule has 2 aliphatic heterocycles. The monoisotopic (exact) mass is 624 g/mol. The summed E-state index contributed by atoms with van der Waals surface area (Å²) in [6, 6.07) is 12.0. The van der Waals surface area contributed by atoms with Crippen molar-refractivity contribution in [2.24, 2.45) is 5.92 Å². The molecule has 0 fully saturated rings. The zero-order valence-electron chi connectivity index (χ0n) is 25.8. The van der Waals surface area contributed by atoms with Gasteiger partial charge in [0.2, 0.25) is 16.8 Å². The standard InChI is InChI=1S/C32H40N4O7S/c1-19(2)26-11-24(23-7-6-22-8-9-42-18-25(22)10-23)12-27(20(3)4)28(26)13-29(37)35-44(39,40)30-14-31-36(34-30)16-21(17-43-31)15-33-32(38)41-5/h6-7,10-12,14,19-21H,8-9,13,15-18H2,1-5H3,(H,33,38)(H,35,37). The van der Waals surface area contributed by atoms with Gasteiger partial charge in [0.25, 0.3) is 10.0 Å². The third-order valence-electron chi connectivity index (χ3n) is 8.08. The van der Waals surface area contributed by atoms with E-state index in [9.17, 15) is 18.0 Å². The molecule has 2 N–H and O–H groups in total. The van der Waals surface area contributed by atoms with Crippen LogP contribution in [0.15, 0.2) is 41.4 Å². The average molecular weight is 625 g/mol. The Morgan fingerprint density at radius 3 is 2.45 bits per heavy atom. The number of ether oxygens (including phenoxy) is 3. The summed E-state index contributed by atoms with van der Waals surface area (Å²) >= 11 is 0. The Morgan fingerprint density at radius 1 is 1.05 bits per heavy atom. The summed E-state index contributed by atoms with van der Waals surface area (Å²) in [6.07, 6.45) is 0.251. The van der Waals surface area contributed by atoms with Crippen LogP contribution in [0, 0.1) is 5.92 Å². The summed E-state index contributed by atoms with van der Waals surface area (Å²) in [5, 5.41) is 6.49. The van der Waals surface area contributed by atoms with Crippen molar-refractivity contribution in [1.82, 2.24) is 19.8 Å². The molecule has 1 atom stereocenters. The van der Waals surface area contributed by atoms with Gasteiger partial charge in [-0.05, 0) is 63.3 Å². The van der Waals surface area contributed by atoms with Crippen LogP contribution >= 0.6 is 0 Å². The number of hydrogen-bond acceptors (Lipinski definition) is 8. The molecule has 12 heteroatoms. The lowest BCUT2D eigenvalue weighted by atomic mass is 9.83. The minimum atomic E-state index is -4.26. The Bertz CT molecular complexity index is 1630. The molecule has 0 aliphatic carbocycles. The number of amides is 2. The summed E-state index contributed by atoms with van der Waals surface area (Å²) in [7, 11) is -2.98. The van der Waals surface area contributed by atoms with E-state index in [0.29, 0.717) is 13.2 Å². The first-order valence-corrected chi connectivity index (χ1v) is 16.4. The maximum absolute atomic E-state index is 13.3. The molecule has 3 aromatic rings. The van der Waals surface area contributed by atoms with Crippen LogP contribution in [0.1, 0.15) is 67.3 Å². The van der Waals surface area contributed by atoms with Gasteiger partial charge in [0.15, 0.2) is 0 Å². The summed E-state index contributed by atoms with van der Waals surface area (Å²) in [6.45, 7) is 10.5. The molecule has 0 radical (unpaired) electrons. The van der Waals surface area contributed by atoms with Gasteiger partial charge in [0.05, 0.1) is 39.9 Å². The van der Waals surface area contributed by atoms with Gasteiger partial charge >= 0.3 is 6.09 Å². The van der Waals surface area contributed by atoms with Crippen LogP contribution in [-0.4, -0.2) is 57.1 Å². The lowest BCUT2D eigenvalue weighted by molar-refractivity contribution is -0.118.